The first kappa shape index (κ1) is 17.7. The van der Waals surface area contributed by atoms with E-state index in [4.69, 9.17) is 14.6 Å². The van der Waals surface area contributed by atoms with Crippen molar-refractivity contribution in [2.24, 2.45) is 0 Å². The van der Waals surface area contributed by atoms with Gasteiger partial charge >= 0.3 is 5.97 Å². The lowest BCUT2D eigenvalue weighted by atomic mass is 9.86. The average Bonchev–Trinajstić information content (AvgIpc) is 2.64. The molecule has 2 aromatic carbocycles. The molecule has 5 heteroatoms. The zero-order valence-electron chi connectivity index (χ0n) is 14.7. The molecule has 1 aliphatic rings. The lowest BCUT2D eigenvalue weighted by Crippen LogP contribution is -2.22. The summed E-state index contributed by atoms with van der Waals surface area (Å²) in [6.45, 7) is 1.48. The highest BCUT2D eigenvalue weighted by atomic mass is 16.5. The molecule has 0 amide bonds. The number of ether oxygens (including phenoxy) is 2. The van der Waals surface area contributed by atoms with Crippen LogP contribution in [0.1, 0.15) is 34.8 Å². The van der Waals surface area contributed by atoms with Gasteiger partial charge in [0.2, 0.25) is 0 Å². The quantitative estimate of drug-likeness (QED) is 0.830. The summed E-state index contributed by atoms with van der Waals surface area (Å²) >= 11 is 0. The summed E-state index contributed by atoms with van der Waals surface area (Å²) in [7, 11) is 1.61. The normalized spacial score (nSPS) is 16.1. The fourth-order valence-corrected chi connectivity index (χ4v) is 2.95. The fraction of sp³-hybridized carbons (Fsp3) is 0.238. The van der Waals surface area contributed by atoms with E-state index in [1.54, 1.807) is 37.4 Å². The molecule has 5 nitrogen and oxygen atoms in total. The molecule has 1 aliphatic carbocycles. The molecule has 0 bridgehead atoms. The Morgan fingerprint density at radius 3 is 2.69 bits per heavy atom. The largest absolute Gasteiger partial charge is 0.497 e. The average molecular weight is 352 g/mol. The van der Waals surface area contributed by atoms with Gasteiger partial charge in [-0.1, -0.05) is 12.1 Å². The van der Waals surface area contributed by atoms with E-state index in [0.717, 1.165) is 28.9 Å². The van der Waals surface area contributed by atoms with E-state index in [9.17, 15) is 9.59 Å². The predicted octanol–water partition coefficient (Wildman–Crippen LogP) is 3.76. The van der Waals surface area contributed by atoms with E-state index in [-0.39, 0.29) is 5.78 Å². The minimum absolute atomic E-state index is 0.0131. The summed E-state index contributed by atoms with van der Waals surface area (Å²) in [5.74, 6) is 0.200. The zero-order valence-corrected chi connectivity index (χ0v) is 14.7. The molecule has 0 saturated carbocycles. The first-order valence-electron chi connectivity index (χ1n) is 8.39. The number of hydrogen-bond acceptors (Lipinski definition) is 4. The Balaban J connectivity index is 1.84. The predicted molar refractivity (Wildman–Crippen MR) is 97.8 cm³/mol. The number of ketones is 1. The number of hydrogen-bond donors (Lipinski definition) is 1. The van der Waals surface area contributed by atoms with Crippen LogP contribution in [0.3, 0.4) is 0 Å². The highest BCUT2D eigenvalue weighted by Crippen LogP contribution is 2.30. The number of methoxy groups -OCH3 is 1. The Morgan fingerprint density at radius 1 is 1.15 bits per heavy atom. The molecule has 0 radical (unpaired) electrons. The second-order valence-electron chi connectivity index (χ2n) is 6.19. The summed E-state index contributed by atoms with van der Waals surface area (Å²) in [5, 5.41) is 8.95. The van der Waals surface area contributed by atoms with Crippen LogP contribution in [-0.4, -0.2) is 30.1 Å². The van der Waals surface area contributed by atoms with Crippen LogP contribution in [0.25, 0.3) is 6.08 Å². The van der Waals surface area contributed by atoms with Gasteiger partial charge < -0.3 is 14.6 Å². The van der Waals surface area contributed by atoms with Crippen LogP contribution in [0.2, 0.25) is 0 Å². The number of aryl methyl sites for hydroxylation is 1. The summed E-state index contributed by atoms with van der Waals surface area (Å²) < 4.78 is 10.6. The van der Waals surface area contributed by atoms with Crippen molar-refractivity contribution in [1.29, 1.82) is 0 Å². The Morgan fingerprint density at radius 2 is 1.96 bits per heavy atom. The number of carbonyl (C=O) groups excluding carboxylic acids is 1. The fourth-order valence-electron chi connectivity index (χ4n) is 2.95. The van der Waals surface area contributed by atoms with Gasteiger partial charge in [-0.2, -0.15) is 0 Å². The first-order valence-corrected chi connectivity index (χ1v) is 8.39. The molecule has 1 N–H and O–H groups in total. The third kappa shape index (κ3) is 3.77. The van der Waals surface area contributed by atoms with Crippen molar-refractivity contribution in [2.45, 2.75) is 25.9 Å². The standard InChI is InChI=1S/C21H20O5/c1-13(21(23)24)26-18-5-3-4-14(11-18)10-16-7-6-15-12-17(25-2)8-9-19(15)20(16)22/h3-5,8-13H,6-7H2,1-2H3,(H,23,24)/b16-10+. The van der Waals surface area contributed by atoms with Gasteiger partial charge in [-0.25, -0.2) is 4.79 Å². The van der Waals surface area contributed by atoms with E-state index < -0.39 is 12.1 Å². The lowest BCUT2D eigenvalue weighted by Gasteiger charge is -2.18. The molecule has 0 aliphatic heterocycles. The minimum atomic E-state index is -1.02. The number of benzene rings is 2. The molecule has 0 aromatic heterocycles. The van der Waals surface area contributed by atoms with E-state index in [1.165, 1.54) is 6.92 Å². The van der Waals surface area contributed by atoms with Crippen molar-refractivity contribution >= 4 is 17.8 Å². The Bertz CT molecular complexity index is 882. The summed E-state index contributed by atoms with van der Waals surface area (Å²) in [4.78, 5) is 23.7. The van der Waals surface area contributed by atoms with Gasteiger partial charge in [0, 0.05) is 11.1 Å². The van der Waals surface area contributed by atoms with Crippen molar-refractivity contribution in [1.82, 2.24) is 0 Å². The molecule has 0 heterocycles. The zero-order chi connectivity index (χ0) is 18.7. The monoisotopic (exact) mass is 352 g/mol. The number of carbonyl (C=O) groups is 2. The van der Waals surface area contributed by atoms with Crippen molar-refractivity contribution in [2.75, 3.05) is 7.11 Å². The van der Waals surface area contributed by atoms with Crippen LogP contribution in [-0.2, 0) is 11.2 Å². The maximum Gasteiger partial charge on any atom is 0.344 e. The van der Waals surface area contributed by atoms with Crippen molar-refractivity contribution in [3.05, 3.63) is 64.7 Å². The molecule has 0 saturated heterocycles. The maximum atomic E-state index is 12.8. The second-order valence-corrected chi connectivity index (χ2v) is 6.19. The van der Waals surface area contributed by atoms with Gasteiger partial charge in [0.1, 0.15) is 11.5 Å². The smallest absolute Gasteiger partial charge is 0.344 e. The SMILES string of the molecule is COc1ccc2c(c1)CC/C(=C\c1cccc(OC(C)C(=O)O)c1)C2=O. The van der Waals surface area contributed by atoms with E-state index in [2.05, 4.69) is 0 Å². The van der Waals surface area contributed by atoms with Crippen molar-refractivity contribution < 1.29 is 24.2 Å². The van der Waals surface area contributed by atoms with Crippen LogP contribution < -0.4 is 9.47 Å². The van der Waals surface area contributed by atoms with Crippen molar-refractivity contribution in [3.63, 3.8) is 0 Å². The van der Waals surface area contributed by atoms with Crippen molar-refractivity contribution in [3.8, 4) is 11.5 Å². The molecular weight excluding hydrogens is 332 g/mol. The Labute approximate surface area is 151 Å². The second kappa shape index (κ2) is 7.44. The number of allylic oxidation sites excluding steroid dienone is 1. The summed E-state index contributed by atoms with van der Waals surface area (Å²) in [5.41, 5.74) is 3.24. The highest BCUT2D eigenvalue weighted by Gasteiger charge is 2.22. The number of carboxylic acids is 1. The molecule has 1 atom stereocenters. The van der Waals surface area contributed by atoms with Gasteiger partial charge in [0.05, 0.1) is 7.11 Å². The molecule has 134 valence electrons. The van der Waals surface area contributed by atoms with Gasteiger partial charge in [0.15, 0.2) is 11.9 Å². The van der Waals surface area contributed by atoms with E-state index in [0.29, 0.717) is 17.7 Å². The molecule has 0 spiro atoms. The topological polar surface area (TPSA) is 72.8 Å². The molecule has 26 heavy (non-hydrogen) atoms. The summed E-state index contributed by atoms with van der Waals surface area (Å²) in [6.07, 6.45) is 2.33. The molecule has 3 rings (SSSR count). The van der Waals surface area contributed by atoms with Gasteiger partial charge in [-0.3, -0.25) is 4.79 Å². The van der Waals surface area contributed by atoms with Crippen LogP contribution in [0.4, 0.5) is 0 Å². The number of carboxylic acid groups (broad SMARTS) is 1. The molecule has 0 fully saturated rings. The Hall–Kier alpha value is -3.08. The maximum absolute atomic E-state index is 12.8. The van der Waals surface area contributed by atoms with Gasteiger partial charge in [-0.15, -0.1) is 0 Å². The van der Waals surface area contributed by atoms with Crippen LogP contribution in [0, 0.1) is 0 Å². The third-order valence-corrected chi connectivity index (χ3v) is 4.37. The molecule has 1 unspecified atom stereocenters. The van der Waals surface area contributed by atoms with E-state index >= 15 is 0 Å². The number of fused-ring (bicyclic) bond motifs is 1. The van der Waals surface area contributed by atoms with Crippen LogP contribution in [0.15, 0.2) is 48.0 Å². The first-order chi connectivity index (χ1) is 12.5. The molecule has 2 aromatic rings. The number of rotatable bonds is 5. The highest BCUT2D eigenvalue weighted by molar-refractivity contribution is 6.13. The minimum Gasteiger partial charge on any atom is -0.497 e. The number of aliphatic carboxylic acids is 1. The van der Waals surface area contributed by atoms with E-state index in [1.807, 2.05) is 18.2 Å². The summed E-state index contributed by atoms with van der Waals surface area (Å²) in [6, 6.07) is 12.6. The Kier molecular flexibility index (Phi) is 5.07. The number of Topliss-reactive ketones (excluding diaryl/α,β-unsaturated/α-hetero) is 1. The van der Waals surface area contributed by atoms with Crippen LogP contribution >= 0.6 is 0 Å². The third-order valence-electron chi connectivity index (χ3n) is 4.37. The van der Waals surface area contributed by atoms with Gasteiger partial charge in [-0.05, 0) is 67.3 Å². The van der Waals surface area contributed by atoms with Gasteiger partial charge in [0.25, 0.3) is 0 Å². The van der Waals surface area contributed by atoms with Crippen LogP contribution in [0.5, 0.6) is 11.5 Å². The molecular formula is C21H20O5. The lowest BCUT2D eigenvalue weighted by molar-refractivity contribution is -0.144.